The van der Waals surface area contributed by atoms with Crippen LogP contribution < -0.4 is 4.74 Å². The van der Waals surface area contributed by atoms with Gasteiger partial charge >= 0.3 is 0 Å². The number of likely N-dealkylation sites (tertiary alicyclic amines) is 1. The van der Waals surface area contributed by atoms with Gasteiger partial charge in [-0.25, -0.2) is 0 Å². The van der Waals surface area contributed by atoms with Crippen molar-refractivity contribution < 1.29 is 14.6 Å². The lowest BCUT2D eigenvalue weighted by molar-refractivity contribution is 0.0727. The summed E-state index contributed by atoms with van der Waals surface area (Å²) in [6.45, 7) is 5.54. The van der Waals surface area contributed by atoms with E-state index in [1.807, 2.05) is 60.4 Å². The number of amides is 1. The molecule has 1 atom stereocenters. The monoisotopic (exact) mass is 353 g/mol. The van der Waals surface area contributed by atoms with E-state index in [-0.39, 0.29) is 17.9 Å². The maximum Gasteiger partial charge on any atom is 0.257 e. The van der Waals surface area contributed by atoms with Gasteiger partial charge in [-0.2, -0.15) is 0 Å². The average molecular weight is 353 g/mol. The van der Waals surface area contributed by atoms with E-state index >= 15 is 0 Å². The Morgan fingerprint density at radius 3 is 2.77 bits per heavy atom. The Bertz CT molecular complexity index is 773. The van der Waals surface area contributed by atoms with E-state index in [4.69, 9.17) is 4.74 Å². The van der Waals surface area contributed by atoms with Crippen LogP contribution in [0, 0.1) is 12.3 Å². The first kappa shape index (κ1) is 18.5. The molecule has 1 aliphatic rings. The summed E-state index contributed by atoms with van der Waals surface area (Å²) in [6.07, 6.45) is 2.80. The van der Waals surface area contributed by atoms with E-state index < -0.39 is 0 Å². The second-order valence-electron chi connectivity index (χ2n) is 7.30. The number of hydrogen-bond acceptors (Lipinski definition) is 3. The molecule has 1 heterocycles. The van der Waals surface area contributed by atoms with Gasteiger partial charge in [-0.15, -0.1) is 0 Å². The van der Waals surface area contributed by atoms with Crippen molar-refractivity contribution in [2.24, 2.45) is 5.41 Å². The molecule has 0 saturated carbocycles. The molecule has 2 aromatic carbocycles. The highest BCUT2D eigenvalue weighted by atomic mass is 16.5. The van der Waals surface area contributed by atoms with E-state index in [0.29, 0.717) is 24.4 Å². The van der Waals surface area contributed by atoms with Gasteiger partial charge in [0.15, 0.2) is 0 Å². The van der Waals surface area contributed by atoms with Gasteiger partial charge in [0.1, 0.15) is 11.5 Å². The molecule has 4 nitrogen and oxygen atoms in total. The van der Waals surface area contributed by atoms with Gasteiger partial charge < -0.3 is 14.7 Å². The quantitative estimate of drug-likeness (QED) is 0.837. The number of rotatable bonds is 6. The second kappa shape index (κ2) is 7.92. The standard InChI is InChI=1S/C22H27NO3/c1-3-11-22(16-24)12-13-23(15-22)21(25)19-9-4-5-10-20(19)26-18-8-6-7-17(2)14-18/h4-10,14,24H,3,11-13,15-16H2,1-2H3. The van der Waals surface area contributed by atoms with Crippen LogP contribution in [0.4, 0.5) is 0 Å². The van der Waals surface area contributed by atoms with Crippen molar-refractivity contribution in [3.05, 3.63) is 59.7 Å². The van der Waals surface area contributed by atoms with Gasteiger partial charge in [-0.3, -0.25) is 4.79 Å². The maximum absolute atomic E-state index is 13.1. The third-order valence-corrected chi connectivity index (χ3v) is 5.18. The van der Waals surface area contributed by atoms with Crippen LogP contribution in [0.25, 0.3) is 0 Å². The molecule has 2 aromatic rings. The van der Waals surface area contributed by atoms with Crippen LogP contribution in [-0.4, -0.2) is 35.6 Å². The molecule has 138 valence electrons. The lowest BCUT2D eigenvalue weighted by Crippen LogP contribution is -2.34. The van der Waals surface area contributed by atoms with Gasteiger partial charge in [-0.05, 0) is 49.6 Å². The topological polar surface area (TPSA) is 49.8 Å². The zero-order valence-corrected chi connectivity index (χ0v) is 15.6. The fourth-order valence-electron chi connectivity index (χ4n) is 3.76. The molecule has 0 aliphatic carbocycles. The fourth-order valence-corrected chi connectivity index (χ4v) is 3.76. The number of nitrogens with zero attached hydrogens (tertiary/aromatic N) is 1. The summed E-state index contributed by atoms with van der Waals surface area (Å²) < 4.78 is 6.00. The molecule has 1 saturated heterocycles. The molecule has 4 heteroatoms. The lowest BCUT2D eigenvalue weighted by atomic mass is 9.83. The molecule has 1 unspecified atom stereocenters. The number of benzene rings is 2. The summed E-state index contributed by atoms with van der Waals surface area (Å²) >= 11 is 0. The Kier molecular flexibility index (Phi) is 5.62. The molecular formula is C22H27NO3. The number of para-hydroxylation sites is 1. The highest BCUT2D eigenvalue weighted by molar-refractivity contribution is 5.97. The molecule has 26 heavy (non-hydrogen) atoms. The van der Waals surface area contributed by atoms with Crippen molar-refractivity contribution in [2.45, 2.75) is 33.1 Å². The number of carbonyl (C=O) groups excluding carboxylic acids is 1. The minimum Gasteiger partial charge on any atom is -0.457 e. The smallest absolute Gasteiger partial charge is 0.257 e. The van der Waals surface area contributed by atoms with Crippen molar-refractivity contribution in [2.75, 3.05) is 19.7 Å². The molecule has 1 aliphatic heterocycles. The summed E-state index contributed by atoms with van der Waals surface area (Å²) in [4.78, 5) is 14.9. The second-order valence-corrected chi connectivity index (χ2v) is 7.30. The average Bonchev–Trinajstić information content (AvgIpc) is 3.07. The minimum absolute atomic E-state index is 0.0281. The summed E-state index contributed by atoms with van der Waals surface area (Å²) in [7, 11) is 0. The van der Waals surface area contributed by atoms with Crippen molar-refractivity contribution in [1.29, 1.82) is 0 Å². The third-order valence-electron chi connectivity index (χ3n) is 5.18. The van der Waals surface area contributed by atoms with Crippen LogP contribution in [0.2, 0.25) is 0 Å². The summed E-state index contributed by atoms with van der Waals surface area (Å²) in [5, 5.41) is 9.83. The van der Waals surface area contributed by atoms with Crippen LogP contribution in [0.15, 0.2) is 48.5 Å². The SMILES string of the molecule is CCCC1(CO)CCN(C(=O)c2ccccc2Oc2cccc(C)c2)C1. The van der Waals surface area contributed by atoms with Crippen molar-refractivity contribution >= 4 is 5.91 Å². The van der Waals surface area contributed by atoms with Gasteiger partial charge in [0.25, 0.3) is 5.91 Å². The van der Waals surface area contributed by atoms with Crippen LogP contribution in [-0.2, 0) is 0 Å². The lowest BCUT2D eigenvalue weighted by Gasteiger charge is -2.26. The predicted octanol–water partition coefficient (Wildman–Crippen LogP) is 4.41. The van der Waals surface area contributed by atoms with Crippen molar-refractivity contribution in [3.8, 4) is 11.5 Å². The van der Waals surface area contributed by atoms with Gasteiger partial charge in [0.2, 0.25) is 0 Å². The van der Waals surface area contributed by atoms with Crippen LogP contribution in [0.3, 0.4) is 0 Å². The molecule has 3 rings (SSSR count). The van der Waals surface area contributed by atoms with E-state index in [1.54, 1.807) is 0 Å². The largest absolute Gasteiger partial charge is 0.457 e. The van der Waals surface area contributed by atoms with Gasteiger partial charge in [-0.1, -0.05) is 37.6 Å². The van der Waals surface area contributed by atoms with Gasteiger partial charge in [0.05, 0.1) is 12.2 Å². The van der Waals surface area contributed by atoms with Crippen LogP contribution in [0.1, 0.15) is 42.1 Å². The minimum atomic E-state index is -0.156. The Labute approximate surface area is 155 Å². The van der Waals surface area contributed by atoms with E-state index in [2.05, 4.69) is 6.92 Å². The van der Waals surface area contributed by atoms with E-state index in [0.717, 1.165) is 30.6 Å². The Balaban J connectivity index is 1.80. The van der Waals surface area contributed by atoms with E-state index in [9.17, 15) is 9.90 Å². The number of aliphatic hydroxyl groups is 1. The Morgan fingerprint density at radius 1 is 1.23 bits per heavy atom. The van der Waals surface area contributed by atoms with Gasteiger partial charge in [0, 0.05) is 18.5 Å². The number of carbonyl (C=O) groups is 1. The normalized spacial score (nSPS) is 19.6. The Hall–Kier alpha value is -2.33. The van der Waals surface area contributed by atoms with Crippen LogP contribution in [0.5, 0.6) is 11.5 Å². The molecule has 1 N–H and O–H groups in total. The number of hydrogen-bond donors (Lipinski definition) is 1. The third kappa shape index (κ3) is 3.91. The molecule has 0 radical (unpaired) electrons. The fraction of sp³-hybridized carbons (Fsp3) is 0.409. The first-order valence-electron chi connectivity index (χ1n) is 9.30. The first-order valence-corrected chi connectivity index (χ1v) is 9.30. The number of aliphatic hydroxyl groups excluding tert-OH is 1. The zero-order valence-electron chi connectivity index (χ0n) is 15.6. The molecule has 0 spiro atoms. The molecule has 1 amide bonds. The number of aryl methyl sites for hydroxylation is 1. The number of ether oxygens (including phenoxy) is 1. The maximum atomic E-state index is 13.1. The molecule has 1 fully saturated rings. The van der Waals surface area contributed by atoms with Crippen molar-refractivity contribution in [3.63, 3.8) is 0 Å². The molecule has 0 aromatic heterocycles. The summed E-state index contributed by atoms with van der Waals surface area (Å²) in [6, 6.07) is 15.2. The molecular weight excluding hydrogens is 326 g/mol. The highest BCUT2D eigenvalue weighted by Crippen LogP contribution is 2.36. The predicted molar refractivity (Wildman–Crippen MR) is 103 cm³/mol. The highest BCUT2D eigenvalue weighted by Gasteiger charge is 2.39. The molecule has 0 bridgehead atoms. The Morgan fingerprint density at radius 2 is 2.04 bits per heavy atom. The van der Waals surface area contributed by atoms with Crippen LogP contribution >= 0.6 is 0 Å². The van der Waals surface area contributed by atoms with Crippen molar-refractivity contribution in [1.82, 2.24) is 4.90 Å². The summed E-state index contributed by atoms with van der Waals surface area (Å²) in [5.74, 6) is 1.27. The zero-order chi connectivity index (χ0) is 18.6. The summed E-state index contributed by atoms with van der Waals surface area (Å²) in [5.41, 5.74) is 1.52. The van der Waals surface area contributed by atoms with E-state index in [1.165, 1.54) is 0 Å². The first-order chi connectivity index (χ1) is 12.6.